The maximum Gasteiger partial charge on any atom is 0.407 e. The molecule has 2 N–H and O–H groups in total. The Morgan fingerprint density at radius 3 is 2.10 bits per heavy atom. The number of fused-ring (bicyclic) bond motifs is 3. The van der Waals surface area contributed by atoms with Crippen molar-refractivity contribution >= 4 is 12.1 Å². The van der Waals surface area contributed by atoms with Gasteiger partial charge in [-0.05, 0) is 28.2 Å². The number of hydrogen-bond acceptors (Lipinski definition) is 4. The van der Waals surface area contributed by atoms with Crippen LogP contribution >= 0.6 is 0 Å². The zero-order valence-corrected chi connectivity index (χ0v) is 17.0. The third-order valence-corrected chi connectivity index (χ3v) is 5.67. The Labute approximate surface area is 170 Å². The van der Waals surface area contributed by atoms with Gasteiger partial charge in [0.25, 0.3) is 0 Å². The SMILES string of the molecule is COCC(CC(=O)O)(NC(=O)OCC1c2ccccc2-c2ccccc21)C(C)C. The lowest BCUT2D eigenvalue weighted by molar-refractivity contribution is -0.140. The Bertz CT molecular complexity index is 849. The van der Waals surface area contributed by atoms with E-state index >= 15 is 0 Å². The summed E-state index contributed by atoms with van der Waals surface area (Å²) in [4.78, 5) is 24.0. The minimum atomic E-state index is -1.04. The van der Waals surface area contributed by atoms with Crippen LogP contribution in [0.1, 0.15) is 37.3 Å². The van der Waals surface area contributed by atoms with E-state index in [1.54, 1.807) is 0 Å². The van der Waals surface area contributed by atoms with Crippen LogP contribution in [0.15, 0.2) is 48.5 Å². The second-order valence-corrected chi connectivity index (χ2v) is 7.76. The first-order valence-electron chi connectivity index (χ1n) is 9.72. The molecule has 1 unspecified atom stereocenters. The molecule has 154 valence electrons. The van der Waals surface area contributed by atoms with Gasteiger partial charge in [0.15, 0.2) is 0 Å². The minimum Gasteiger partial charge on any atom is -0.481 e. The first-order valence-corrected chi connectivity index (χ1v) is 9.72. The molecule has 0 bridgehead atoms. The number of carboxylic acids is 1. The quantitative estimate of drug-likeness (QED) is 0.702. The average Bonchev–Trinajstić information content (AvgIpc) is 3.00. The summed E-state index contributed by atoms with van der Waals surface area (Å²) in [6, 6.07) is 16.2. The Kier molecular flexibility index (Phi) is 6.23. The predicted octanol–water partition coefficient (Wildman–Crippen LogP) is 4.04. The van der Waals surface area contributed by atoms with Crippen LogP contribution < -0.4 is 5.32 Å². The van der Waals surface area contributed by atoms with Crippen molar-refractivity contribution in [2.75, 3.05) is 20.3 Å². The first-order chi connectivity index (χ1) is 13.9. The number of carboxylic acid groups (broad SMARTS) is 1. The van der Waals surface area contributed by atoms with Gasteiger partial charge in [-0.25, -0.2) is 4.79 Å². The minimum absolute atomic E-state index is 0.0523. The zero-order valence-electron chi connectivity index (χ0n) is 17.0. The normalized spacial score (nSPS) is 14.8. The number of aliphatic carboxylic acids is 1. The van der Waals surface area contributed by atoms with E-state index in [1.807, 2.05) is 38.1 Å². The predicted molar refractivity (Wildman–Crippen MR) is 110 cm³/mol. The zero-order chi connectivity index (χ0) is 21.0. The highest BCUT2D eigenvalue weighted by Crippen LogP contribution is 2.44. The molecule has 1 aliphatic rings. The maximum absolute atomic E-state index is 12.6. The summed E-state index contributed by atoms with van der Waals surface area (Å²) in [6.45, 7) is 3.96. The molecule has 29 heavy (non-hydrogen) atoms. The van der Waals surface area contributed by atoms with Crippen LogP contribution in [0.25, 0.3) is 11.1 Å². The van der Waals surface area contributed by atoms with Crippen molar-refractivity contribution in [3.8, 4) is 11.1 Å². The third kappa shape index (κ3) is 4.27. The number of hydrogen-bond donors (Lipinski definition) is 2. The Hall–Kier alpha value is -2.86. The molecule has 1 atom stereocenters. The van der Waals surface area contributed by atoms with Gasteiger partial charge in [-0.15, -0.1) is 0 Å². The number of amides is 1. The number of rotatable bonds is 8. The lowest BCUT2D eigenvalue weighted by atomic mass is 9.84. The summed E-state index contributed by atoms with van der Waals surface area (Å²) >= 11 is 0. The van der Waals surface area contributed by atoms with Crippen LogP contribution in [-0.2, 0) is 14.3 Å². The molecule has 0 fully saturated rings. The molecule has 0 saturated heterocycles. The summed E-state index contributed by atoms with van der Waals surface area (Å²) in [5, 5.41) is 12.1. The highest BCUT2D eigenvalue weighted by molar-refractivity contribution is 5.79. The maximum atomic E-state index is 12.6. The molecular formula is C23H27NO5. The van der Waals surface area contributed by atoms with Gasteiger partial charge in [-0.1, -0.05) is 62.4 Å². The van der Waals surface area contributed by atoms with Gasteiger partial charge in [-0.2, -0.15) is 0 Å². The molecule has 3 rings (SSSR count). The molecular weight excluding hydrogens is 370 g/mol. The van der Waals surface area contributed by atoms with Gasteiger partial charge >= 0.3 is 12.1 Å². The van der Waals surface area contributed by atoms with Crippen molar-refractivity contribution in [2.24, 2.45) is 5.92 Å². The number of benzene rings is 2. The van der Waals surface area contributed by atoms with Crippen LogP contribution in [0.3, 0.4) is 0 Å². The average molecular weight is 397 g/mol. The van der Waals surface area contributed by atoms with Gasteiger partial charge < -0.3 is 19.9 Å². The van der Waals surface area contributed by atoms with E-state index in [9.17, 15) is 14.7 Å². The largest absolute Gasteiger partial charge is 0.481 e. The van der Waals surface area contributed by atoms with Crippen LogP contribution in [0.4, 0.5) is 4.79 Å². The van der Waals surface area contributed by atoms with E-state index in [-0.39, 0.29) is 31.5 Å². The molecule has 2 aromatic rings. The highest BCUT2D eigenvalue weighted by Gasteiger charge is 2.39. The van der Waals surface area contributed by atoms with Gasteiger partial charge in [0.05, 0.1) is 18.6 Å². The summed E-state index contributed by atoms with van der Waals surface area (Å²) in [7, 11) is 1.48. The van der Waals surface area contributed by atoms with E-state index < -0.39 is 17.6 Å². The molecule has 0 radical (unpaired) electrons. The van der Waals surface area contributed by atoms with Gasteiger partial charge in [0.1, 0.15) is 6.61 Å². The Morgan fingerprint density at radius 1 is 1.07 bits per heavy atom. The number of methoxy groups -OCH3 is 1. The molecule has 1 aliphatic carbocycles. The lowest BCUT2D eigenvalue weighted by Crippen LogP contribution is -2.57. The molecule has 2 aromatic carbocycles. The van der Waals surface area contributed by atoms with Crippen molar-refractivity contribution in [3.05, 3.63) is 59.7 Å². The van der Waals surface area contributed by atoms with Crippen molar-refractivity contribution in [1.29, 1.82) is 0 Å². The number of nitrogens with one attached hydrogen (secondary N) is 1. The van der Waals surface area contributed by atoms with Crippen LogP contribution in [-0.4, -0.2) is 43.0 Å². The number of alkyl carbamates (subject to hydrolysis) is 1. The number of ether oxygens (including phenoxy) is 2. The topological polar surface area (TPSA) is 84.9 Å². The molecule has 1 amide bonds. The van der Waals surface area contributed by atoms with Gasteiger partial charge in [-0.3, -0.25) is 4.79 Å². The fraction of sp³-hybridized carbons (Fsp3) is 0.391. The van der Waals surface area contributed by atoms with Gasteiger partial charge in [0.2, 0.25) is 0 Å². The van der Waals surface area contributed by atoms with E-state index in [0.717, 1.165) is 22.3 Å². The fourth-order valence-corrected chi connectivity index (χ4v) is 4.01. The van der Waals surface area contributed by atoms with Crippen molar-refractivity contribution in [3.63, 3.8) is 0 Å². The lowest BCUT2D eigenvalue weighted by Gasteiger charge is -2.36. The molecule has 0 saturated carbocycles. The Balaban J connectivity index is 1.75. The summed E-state index contributed by atoms with van der Waals surface area (Å²) in [5.41, 5.74) is 3.51. The summed E-state index contributed by atoms with van der Waals surface area (Å²) < 4.78 is 10.8. The van der Waals surface area contributed by atoms with E-state index in [2.05, 4.69) is 29.6 Å². The van der Waals surface area contributed by atoms with E-state index in [4.69, 9.17) is 9.47 Å². The summed E-state index contributed by atoms with van der Waals surface area (Å²) in [6.07, 6.45) is -0.887. The molecule has 0 aliphatic heterocycles. The van der Waals surface area contributed by atoms with Crippen LogP contribution in [0.2, 0.25) is 0 Å². The smallest absolute Gasteiger partial charge is 0.407 e. The number of carbonyl (C=O) groups is 2. The van der Waals surface area contributed by atoms with E-state index in [0.29, 0.717) is 0 Å². The van der Waals surface area contributed by atoms with Crippen molar-refractivity contribution in [2.45, 2.75) is 31.7 Å². The second kappa shape index (κ2) is 8.66. The van der Waals surface area contributed by atoms with Crippen LogP contribution in [0, 0.1) is 5.92 Å². The standard InChI is InChI=1S/C23H27NO5/c1-15(2)23(14-28-3,12-21(25)26)24-22(27)29-13-20-18-10-6-4-8-16(18)17-9-5-7-11-19(17)20/h4-11,15,20H,12-14H2,1-3H3,(H,24,27)(H,25,26). The monoisotopic (exact) mass is 397 g/mol. The van der Waals surface area contributed by atoms with Gasteiger partial charge in [0, 0.05) is 13.0 Å². The second-order valence-electron chi connectivity index (χ2n) is 7.76. The van der Waals surface area contributed by atoms with E-state index in [1.165, 1.54) is 7.11 Å². The van der Waals surface area contributed by atoms with Crippen molar-refractivity contribution in [1.82, 2.24) is 5.32 Å². The third-order valence-electron chi connectivity index (χ3n) is 5.67. The molecule has 0 aromatic heterocycles. The molecule has 0 spiro atoms. The highest BCUT2D eigenvalue weighted by atomic mass is 16.5. The molecule has 0 heterocycles. The first kappa shape index (κ1) is 20.9. The molecule has 6 heteroatoms. The number of carbonyl (C=O) groups excluding carboxylic acids is 1. The van der Waals surface area contributed by atoms with Crippen molar-refractivity contribution < 1.29 is 24.2 Å². The van der Waals surface area contributed by atoms with Crippen LogP contribution in [0.5, 0.6) is 0 Å². The summed E-state index contributed by atoms with van der Waals surface area (Å²) in [5.74, 6) is -1.21. The fourth-order valence-electron chi connectivity index (χ4n) is 4.01. The Morgan fingerprint density at radius 2 is 1.62 bits per heavy atom. The molecule has 6 nitrogen and oxygen atoms in total.